The highest BCUT2D eigenvalue weighted by atomic mass is 79.9. The first-order chi connectivity index (χ1) is 6.74. The lowest BCUT2D eigenvalue weighted by atomic mass is 10.1. The van der Waals surface area contributed by atoms with Crippen molar-refractivity contribution in [3.8, 4) is 11.8 Å². The number of rotatable bonds is 3. The zero-order valence-corrected chi connectivity index (χ0v) is 10.1. The van der Waals surface area contributed by atoms with Crippen LogP contribution in [-0.4, -0.2) is 6.54 Å². The second kappa shape index (κ2) is 5.85. The molecule has 1 rings (SSSR count). The quantitative estimate of drug-likeness (QED) is 0.815. The molecule has 0 bridgehead atoms. The van der Waals surface area contributed by atoms with Crippen molar-refractivity contribution in [3.63, 3.8) is 0 Å². The summed E-state index contributed by atoms with van der Waals surface area (Å²) >= 11 is 3.42. The Kier molecular flexibility index (Phi) is 4.72. The smallest absolute Gasteiger partial charge is 0.0581 e. The third-order valence-corrected chi connectivity index (χ3v) is 2.57. The molecule has 0 radical (unpaired) electrons. The molecule has 0 saturated carbocycles. The molecule has 2 heteroatoms. The van der Waals surface area contributed by atoms with Gasteiger partial charge in [-0.3, -0.25) is 5.32 Å². The molecule has 0 heterocycles. The maximum atomic E-state index is 3.42. The van der Waals surface area contributed by atoms with Crippen LogP contribution < -0.4 is 5.32 Å². The van der Waals surface area contributed by atoms with E-state index >= 15 is 0 Å². The molecule has 1 aromatic rings. The second-order valence-corrected chi connectivity index (χ2v) is 4.00. The van der Waals surface area contributed by atoms with Gasteiger partial charge in [-0.1, -0.05) is 34.0 Å². The topological polar surface area (TPSA) is 12.0 Å². The molecular formula is C12H14BrN. The maximum absolute atomic E-state index is 3.42. The highest BCUT2D eigenvalue weighted by Gasteiger charge is 2.02. The van der Waals surface area contributed by atoms with E-state index in [1.807, 2.05) is 6.92 Å². The standard InChI is InChI=1S/C12H14BrN/c1-3-4-9-14-10(2)11-5-7-12(13)8-6-11/h5-8,10,14H,9H2,1-2H3. The molecule has 1 atom stereocenters. The zero-order valence-electron chi connectivity index (χ0n) is 8.47. The van der Waals surface area contributed by atoms with Crippen LogP contribution in [0, 0.1) is 11.8 Å². The normalized spacial score (nSPS) is 11.6. The molecule has 0 aliphatic heterocycles. The summed E-state index contributed by atoms with van der Waals surface area (Å²) in [4.78, 5) is 0. The molecule has 0 fully saturated rings. The van der Waals surface area contributed by atoms with Crippen LogP contribution in [0.1, 0.15) is 25.5 Å². The Hall–Kier alpha value is -0.780. The van der Waals surface area contributed by atoms with E-state index in [2.05, 4.69) is 64.3 Å². The van der Waals surface area contributed by atoms with Crippen molar-refractivity contribution in [1.82, 2.24) is 5.32 Å². The molecule has 1 unspecified atom stereocenters. The summed E-state index contributed by atoms with van der Waals surface area (Å²) in [5.74, 6) is 5.85. The first-order valence-corrected chi connectivity index (χ1v) is 5.42. The summed E-state index contributed by atoms with van der Waals surface area (Å²) in [6, 6.07) is 8.68. The first-order valence-electron chi connectivity index (χ1n) is 4.62. The van der Waals surface area contributed by atoms with Gasteiger partial charge in [0, 0.05) is 10.5 Å². The van der Waals surface area contributed by atoms with E-state index in [1.165, 1.54) is 5.56 Å². The van der Waals surface area contributed by atoms with Crippen LogP contribution in [0.3, 0.4) is 0 Å². The summed E-state index contributed by atoms with van der Waals surface area (Å²) in [5, 5.41) is 3.33. The third-order valence-electron chi connectivity index (χ3n) is 2.04. The van der Waals surface area contributed by atoms with Crippen molar-refractivity contribution < 1.29 is 0 Å². The van der Waals surface area contributed by atoms with Crippen LogP contribution in [0.5, 0.6) is 0 Å². The van der Waals surface area contributed by atoms with Crippen molar-refractivity contribution in [3.05, 3.63) is 34.3 Å². The summed E-state index contributed by atoms with van der Waals surface area (Å²) in [6.07, 6.45) is 0. The van der Waals surface area contributed by atoms with Gasteiger partial charge in [0.25, 0.3) is 0 Å². The van der Waals surface area contributed by atoms with E-state index in [9.17, 15) is 0 Å². The van der Waals surface area contributed by atoms with E-state index in [1.54, 1.807) is 0 Å². The van der Waals surface area contributed by atoms with Crippen LogP contribution in [0.4, 0.5) is 0 Å². The van der Waals surface area contributed by atoms with Crippen molar-refractivity contribution >= 4 is 15.9 Å². The average molecular weight is 252 g/mol. The number of hydrogen-bond donors (Lipinski definition) is 1. The van der Waals surface area contributed by atoms with Gasteiger partial charge in [0.05, 0.1) is 6.54 Å². The first kappa shape index (κ1) is 11.3. The third kappa shape index (κ3) is 3.53. The molecule has 1 N–H and O–H groups in total. The largest absolute Gasteiger partial charge is 0.300 e. The molecule has 0 aliphatic rings. The molecular weight excluding hydrogens is 238 g/mol. The van der Waals surface area contributed by atoms with E-state index in [0.29, 0.717) is 6.04 Å². The second-order valence-electron chi connectivity index (χ2n) is 3.08. The number of nitrogens with one attached hydrogen (secondary N) is 1. The van der Waals surface area contributed by atoms with Gasteiger partial charge in [0.1, 0.15) is 0 Å². The minimum Gasteiger partial charge on any atom is -0.300 e. The molecule has 74 valence electrons. The van der Waals surface area contributed by atoms with Crippen LogP contribution in [0.25, 0.3) is 0 Å². The predicted molar refractivity (Wildman–Crippen MR) is 64.0 cm³/mol. The fourth-order valence-electron chi connectivity index (χ4n) is 1.16. The number of benzene rings is 1. The Labute approximate surface area is 94.0 Å². The van der Waals surface area contributed by atoms with Gasteiger partial charge >= 0.3 is 0 Å². The molecule has 14 heavy (non-hydrogen) atoms. The number of halogens is 1. The van der Waals surface area contributed by atoms with Crippen LogP contribution in [-0.2, 0) is 0 Å². The van der Waals surface area contributed by atoms with Crippen molar-refractivity contribution in [2.24, 2.45) is 0 Å². The van der Waals surface area contributed by atoms with Gasteiger partial charge in [0.15, 0.2) is 0 Å². The molecule has 0 amide bonds. The maximum Gasteiger partial charge on any atom is 0.0581 e. The van der Waals surface area contributed by atoms with Gasteiger partial charge in [-0.25, -0.2) is 0 Å². The summed E-state index contributed by atoms with van der Waals surface area (Å²) in [5.41, 5.74) is 1.28. The lowest BCUT2D eigenvalue weighted by molar-refractivity contribution is 0.623. The minimum absolute atomic E-state index is 0.351. The van der Waals surface area contributed by atoms with Gasteiger partial charge < -0.3 is 0 Å². The predicted octanol–water partition coefficient (Wildman–Crippen LogP) is 3.12. The summed E-state index contributed by atoms with van der Waals surface area (Å²) in [6.45, 7) is 4.74. The average Bonchev–Trinajstić information content (AvgIpc) is 2.19. The summed E-state index contributed by atoms with van der Waals surface area (Å²) < 4.78 is 1.11. The minimum atomic E-state index is 0.351. The van der Waals surface area contributed by atoms with Crippen LogP contribution in [0.15, 0.2) is 28.7 Å². The Morgan fingerprint density at radius 1 is 1.36 bits per heavy atom. The molecule has 0 aromatic heterocycles. The van der Waals surface area contributed by atoms with Gasteiger partial charge in [-0.05, 0) is 31.5 Å². The van der Waals surface area contributed by atoms with Crippen molar-refractivity contribution in [2.75, 3.05) is 6.54 Å². The van der Waals surface area contributed by atoms with Crippen molar-refractivity contribution in [2.45, 2.75) is 19.9 Å². The monoisotopic (exact) mass is 251 g/mol. The molecule has 0 spiro atoms. The highest BCUT2D eigenvalue weighted by Crippen LogP contribution is 2.15. The fraction of sp³-hybridized carbons (Fsp3) is 0.333. The van der Waals surface area contributed by atoms with Gasteiger partial charge in [0.2, 0.25) is 0 Å². The Morgan fingerprint density at radius 3 is 2.57 bits per heavy atom. The molecule has 1 aromatic carbocycles. The van der Waals surface area contributed by atoms with Crippen LogP contribution in [0.2, 0.25) is 0 Å². The highest BCUT2D eigenvalue weighted by molar-refractivity contribution is 9.10. The van der Waals surface area contributed by atoms with Crippen molar-refractivity contribution in [1.29, 1.82) is 0 Å². The lowest BCUT2D eigenvalue weighted by Gasteiger charge is -2.11. The van der Waals surface area contributed by atoms with Gasteiger partial charge in [-0.2, -0.15) is 0 Å². The zero-order chi connectivity index (χ0) is 10.4. The SMILES string of the molecule is CC#CCNC(C)c1ccc(Br)cc1. The van der Waals surface area contributed by atoms with E-state index in [4.69, 9.17) is 0 Å². The molecule has 0 aliphatic carbocycles. The van der Waals surface area contributed by atoms with E-state index in [-0.39, 0.29) is 0 Å². The lowest BCUT2D eigenvalue weighted by Crippen LogP contribution is -2.18. The summed E-state index contributed by atoms with van der Waals surface area (Å²) in [7, 11) is 0. The Balaban J connectivity index is 2.54. The molecule has 0 saturated heterocycles. The molecule has 1 nitrogen and oxygen atoms in total. The number of hydrogen-bond acceptors (Lipinski definition) is 1. The fourth-order valence-corrected chi connectivity index (χ4v) is 1.43. The van der Waals surface area contributed by atoms with Gasteiger partial charge in [-0.15, -0.1) is 5.92 Å². The Bertz CT molecular complexity index is 332. The van der Waals surface area contributed by atoms with E-state index < -0.39 is 0 Å². The Morgan fingerprint density at radius 2 is 2.00 bits per heavy atom. The van der Waals surface area contributed by atoms with E-state index in [0.717, 1.165) is 11.0 Å². The van der Waals surface area contributed by atoms with Crippen LogP contribution >= 0.6 is 15.9 Å².